The van der Waals surface area contributed by atoms with Gasteiger partial charge in [0.05, 0.1) is 0 Å². The summed E-state index contributed by atoms with van der Waals surface area (Å²) in [6.07, 6.45) is 43.6. The molecule has 0 aliphatic heterocycles. The Morgan fingerprint density at radius 3 is 1.04 bits per heavy atom. The van der Waals surface area contributed by atoms with E-state index in [-0.39, 0.29) is 12.8 Å². The summed E-state index contributed by atoms with van der Waals surface area (Å²) in [6, 6.07) is 0. The molecule has 0 saturated carbocycles. The minimum atomic E-state index is -0.939. The fourth-order valence-electron chi connectivity index (χ4n) is 4.69. The molecule has 0 aliphatic rings. The van der Waals surface area contributed by atoms with Crippen LogP contribution in [0, 0.1) is 0 Å². The molecule has 6 heteroatoms. The zero-order valence-corrected chi connectivity index (χ0v) is 29.2. The van der Waals surface area contributed by atoms with Crippen LogP contribution in [0.4, 0.5) is 0 Å². The van der Waals surface area contributed by atoms with Crippen LogP contribution in [0.25, 0.3) is 0 Å². The first-order valence-electron chi connectivity index (χ1n) is 18.3. The summed E-state index contributed by atoms with van der Waals surface area (Å²) in [5, 5.41) is 0. The Morgan fingerprint density at radius 1 is 0.391 bits per heavy atom. The molecule has 0 saturated heterocycles. The lowest BCUT2D eigenvalue weighted by molar-refractivity contribution is -0.159. The fraction of sp³-hybridized carbons (Fsp3) is 0.650. The quantitative estimate of drug-likeness (QED) is 0.0255. The van der Waals surface area contributed by atoms with Crippen LogP contribution in [0.15, 0.2) is 60.8 Å². The summed E-state index contributed by atoms with van der Waals surface area (Å²) in [4.78, 5) is 47.3. The van der Waals surface area contributed by atoms with Crippen molar-refractivity contribution in [3.05, 3.63) is 60.8 Å². The molecule has 0 aromatic rings. The van der Waals surface area contributed by atoms with Gasteiger partial charge in [0.15, 0.2) is 0 Å². The van der Waals surface area contributed by atoms with Gasteiger partial charge < -0.3 is 9.47 Å². The summed E-state index contributed by atoms with van der Waals surface area (Å²) >= 11 is 0. The molecule has 6 nitrogen and oxygen atoms in total. The number of unbranched alkanes of at least 4 members (excludes halogenated alkanes) is 16. The second-order valence-corrected chi connectivity index (χ2v) is 11.9. The molecule has 46 heavy (non-hydrogen) atoms. The van der Waals surface area contributed by atoms with Crippen LogP contribution in [-0.4, -0.2) is 23.9 Å². The molecule has 0 unspecified atom stereocenters. The van der Waals surface area contributed by atoms with Crippen molar-refractivity contribution in [1.29, 1.82) is 0 Å². The molecule has 0 aromatic heterocycles. The Labute approximate surface area is 280 Å². The zero-order chi connectivity index (χ0) is 33.8. The van der Waals surface area contributed by atoms with Gasteiger partial charge in [0.25, 0.3) is 0 Å². The van der Waals surface area contributed by atoms with Crippen LogP contribution >= 0.6 is 0 Å². The molecule has 0 aliphatic carbocycles. The van der Waals surface area contributed by atoms with Crippen LogP contribution in [0.5, 0.6) is 0 Å². The van der Waals surface area contributed by atoms with E-state index in [9.17, 15) is 19.2 Å². The van der Waals surface area contributed by atoms with Crippen LogP contribution in [0.1, 0.15) is 168 Å². The van der Waals surface area contributed by atoms with E-state index in [0.717, 1.165) is 89.2 Å². The van der Waals surface area contributed by atoms with E-state index in [1.807, 2.05) is 0 Å². The molecular formula is C40H64O6. The molecule has 0 amide bonds. The average molecular weight is 641 g/mol. The highest BCUT2D eigenvalue weighted by Crippen LogP contribution is 2.10. The summed E-state index contributed by atoms with van der Waals surface area (Å²) in [5.74, 6) is -3.12. The Morgan fingerprint density at radius 2 is 0.696 bits per heavy atom. The number of hydrogen-bond donors (Lipinski definition) is 0. The summed E-state index contributed by atoms with van der Waals surface area (Å²) < 4.78 is 9.41. The highest BCUT2D eigenvalue weighted by molar-refractivity contribution is 5.98. The van der Waals surface area contributed by atoms with Crippen molar-refractivity contribution < 1.29 is 28.7 Å². The molecule has 0 rings (SSSR count). The lowest BCUT2D eigenvalue weighted by atomic mass is 10.1. The van der Waals surface area contributed by atoms with Gasteiger partial charge in [-0.2, -0.15) is 0 Å². The van der Waals surface area contributed by atoms with Gasteiger partial charge in [0, 0.05) is 25.0 Å². The highest BCUT2D eigenvalue weighted by Gasteiger charge is 2.11. The summed E-state index contributed by atoms with van der Waals surface area (Å²) in [7, 11) is 0. The van der Waals surface area contributed by atoms with Gasteiger partial charge >= 0.3 is 23.9 Å². The first-order chi connectivity index (χ1) is 22.5. The first kappa shape index (κ1) is 43.0. The molecule has 0 radical (unpaired) electrons. The Kier molecular flexibility index (Phi) is 32.6. The minimum Gasteiger partial charge on any atom is -0.390 e. The van der Waals surface area contributed by atoms with E-state index in [0.29, 0.717) is 12.8 Å². The molecule has 0 N–H and O–H groups in total. The Hall–Kier alpha value is -3.02. The van der Waals surface area contributed by atoms with Gasteiger partial charge in [-0.05, 0) is 77.0 Å². The normalized spacial score (nSPS) is 12.0. The van der Waals surface area contributed by atoms with Crippen molar-refractivity contribution in [2.24, 2.45) is 0 Å². The fourth-order valence-corrected chi connectivity index (χ4v) is 4.69. The standard InChI is InChI=1S/C40H64O6/c1-3-5-7-9-11-13-15-17-19-21-23-25-27-29-31-33-37(41)45-39(43)35-36-40(44)46-38(42)34-32-30-28-26-24-22-20-18-16-14-12-10-8-6-4-2/h11-14,17-20,35-36H,3-10,15-16,21-34H2,1-2H3/b13-11-,14-12-,19-17-,20-18-,36-35-. The molecule has 260 valence electrons. The maximum Gasteiger partial charge on any atom is 0.338 e. The van der Waals surface area contributed by atoms with Gasteiger partial charge in [0.2, 0.25) is 0 Å². The molecule has 0 bridgehead atoms. The number of hydrogen-bond acceptors (Lipinski definition) is 6. The van der Waals surface area contributed by atoms with Crippen molar-refractivity contribution in [3.63, 3.8) is 0 Å². The predicted molar refractivity (Wildman–Crippen MR) is 190 cm³/mol. The number of esters is 4. The average Bonchev–Trinajstić information content (AvgIpc) is 3.03. The number of rotatable bonds is 30. The van der Waals surface area contributed by atoms with Crippen molar-refractivity contribution in [1.82, 2.24) is 0 Å². The van der Waals surface area contributed by atoms with E-state index < -0.39 is 23.9 Å². The Bertz CT molecular complexity index is 850. The molecule has 0 heterocycles. The van der Waals surface area contributed by atoms with Crippen LogP contribution in [0.2, 0.25) is 0 Å². The lowest BCUT2D eigenvalue weighted by Crippen LogP contribution is -2.12. The van der Waals surface area contributed by atoms with Crippen molar-refractivity contribution >= 4 is 23.9 Å². The number of carbonyl (C=O) groups excluding carboxylic acids is 4. The van der Waals surface area contributed by atoms with E-state index in [4.69, 9.17) is 9.47 Å². The van der Waals surface area contributed by atoms with E-state index in [1.165, 1.54) is 51.4 Å². The van der Waals surface area contributed by atoms with Gasteiger partial charge in [-0.15, -0.1) is 0 Å². The third-order valence-corrected chi connectivity index (χ3v) is 7.45. The van der Waals surface area contributed by atoms with Crippen LogP contribution in [-0.2, 0) is 28.7 Å². The third kappa shape index (κ3) is 33.9. The maximum atomic E-state index is 11.9. The van der Waals surface area contributed by atoms with E-state index in [1.54, 1.807) is 0 Å². The van der Waals surface area contributed by atoms with Gasteiger partial charge in [0.1, 0.15) is 0 Å². The van der Waals surface area contributed by atoms with E-state index in [2.05, 4.69) is 62.5 Å². The monoisotopic (exact) mass is 640 g/mol. The summed E-state index contributed by atoms with van der Waals surface area (Å²) in [5.41, 5.74) is 0. The first-order valence-corrected chi connectivity index (χ1v) is 18.3. The van der Waals surface area contributed by atoms with Crippen LogP contribution < -0.4 is 0 Å². The zero-order valence-electron chi connectivity index (χ0n) is 29.2. The molecular weight excluding hydrogens is 576 g/mol. The lowest BCUT2D eigenvalue weighted by Gasteiger charge is -2.02. The smallest absolute Gasteiger partial charge is 0.338 e. The number of ether oxygens (including phenoxy) is 2. The van der Waals surface area contributed by atoms with Crippen LogP contribution in [0.3, 0.4) is 0 Å². The van der Waals surface area contributed by atoms with Gasteiger partial charge in [-0.3, -0.25) is 9.59 Å². The SMILES string of the molecule is CCCCC/C=C\C/C=C\CCCCCCCC(=O)OC(=O)/C=C\C(=O)OC(=O)CCCCCCC/C=C\C/C=C\CCCCC. The molecule has 0 fully saturated rings. The largest absolute Gasteiger partial charge is 0.390 e. The molecule has 0 spiro atoms. The van der Waals surface area contributed by atoms with Crippen molar-refractivity contribution in [3.8, 4) is 0 Å². The number of carbonyl (C=O) groups is 4. The molecule has 0 atom stereocenters. The minimum absolute atomic E-state index is 0.153. The third-order valence-electron chi connectivity index (χ3n) is 7.45. The second-order valence-electron chi connectivity index (χ2n) is 11.9. The highest BCUT2D eigenvalue weighted by atomic mass is 16.6. The number of allylic oxidation sites excluding steroid dienone is 8. The Balaban J connectivity index is 3.70. The predicted octanol–water partition coefficient (Wildman–Crippen LogP) is 11.3. The van der Waals surface area contributed by atoms with Gasteiger partial charge in [-0.25, -0.2) is 9.59 Å². The topological polar surface area (TPSA) is 86.7 Å². The second kappa shape index (κ2) is 34.8. The van der Waals surface area contributed by atoms with Gasteiger partial charge in [-0.1, -0.05) is 127 Å². The summed E-state index contributed by atoms with van der Waals surface area (Å²) in [6.45, 7) is 4.44. The van der Waals surface area contributed by atoms with Crippen molar-refractivity contribution in [2.75, 3.05) is 0 Å². The van der Waals surface area contributed by atoms with Crippen molar-refractivity contribution in [2.45, 2.75) is 168 Å². The maximum absolute atomic E-state index is 11.9. The van der Waals surface area contributed by atoms with E-state index >= 15 is 0 Å². The molecule has 0 aromatic carbocycles.